The predicted octanol–water partition coefficient (Wildman–Crippen LogP) is 0.147. The van der Waals surface area contributed by atoms with Gasteiger partial charge < -0.3 is 20.3 Å². The fraction of sp³-hybridized carbons (Fsp3) is 0.700. The molecule has 0 radical (unpaired) electrons. The van der Waals surface area contributed by atoms with Crippen LogP contribution in [0.1, 0.15) is 35.4 Å². The van der Waals surface area contributed by atoms with Gasteiger partial charge in [-0.05, 0) is 19.4 Å². The fourth-order valence-electron chi connectivity index (χ4n) is 1.75. The highest BCUT2D eigenvalue weighted by molar-refractivity contribution is 5.90. The summed E-state index contributed by atoms with van der Waals surface area (Å²) in [7, 11) is 0. The van der Waals surface area contributed by atoms with Crippen molar-refractivity contribution in [2.24, 2.45) is 0 Å². The maximum absolute atomic E-state index is 12.1. The number of nitrogens with zero attached hydrogens (tertiary/aromatic N) is 2. The summed E-state index contributed by atoms with van der Waals surface area (Å²) >= 11 is 0. The fourth-order valence-corrected chi connectivity index (χ4v) is 1.75. The van der Waals surface area contributed by atoms with E-state index in [0.29, 0.717) is 0 Å². The molecule has 0 aliphatic carbocycles. The molecule has 7 nitrogen and oxygen atoms in total. The van der Waals surface area contributed by atoms with Gasteiger partial charge in [0, 0.05) is 0 Å². The number of hydrogen-bond donors (Lipinski definition) is 3. The van der Waals surface area contributed by atoms with Gasteiger partial charge in [0.15, 0.2) is 6.10 Å². The molecule has 3 N–H and O–H groups in total. The Morgan fingerprint density at radius 3 is 2.95 bits per heavy atom. The monoisotopic (exact) mass is 294 g/mol. The summed E-state index contributed by atoms with van der Waals surface area (Å²) in [6, 6.07) is -0.134. The molecular formula is C10H13F3N4O3. The molecule has 0 bridgehead atoms. The summed E-state index contributed by atoms with van der Waals surface area (Å²) < 4.78 is 41.0. The topological polar surface area (TPSA) is 100 Å². The van der Waals surface area contributed by atoms with E-state index in [9.17, 15) is 18.0 Å². The molecule has 1 aromatic heterocycles. The molecule has 0 saturated carbocycles. The average Bonchev–Trinajstić information content (AvgIpc) is 3.03. The van der Waals surface area contributed by atoms with Crippen molar-refractivity contribution in [3.63, 3.8) is 0 Å². The minimum Gasteiger partial charge on any atom is -0.382 e. The molecule has 112 valence electrons. The van der Waals surface area contributed by atoms with E-state index in [1.54, 1.807) is 0 Å². The van der Waals surface area contributed by atoms with Crippen LogP contribution in [-0.4, -0.2) is 46.5 Å². The molecular weight excluding hydrogens is 281 g/mol. The Bertz CT molecular complexity index is 471. The summed E-state index contributed by atoms with van der Waals surface area (Å²) in [5.74, 6) is -1.06. The zero-order chi connectivity index (χ0) is 14.8. The standard InChI is InChI=1S/C10H13F3N4O3/c11-10(12,13)6(18)4-15-8(19)7-16-9(20-17-7)5-2-1-3-14-5/h5-6,14,18H,1-4H2,(H,15,19). The Morgan fingerprint density at radius 1 is 1.60 bits per heavy atom. The maximum Gasteiger partial charge on any atom is 0.416 e. The Kier molecular flexibility index (Phi) is 4.23. The number of rotatable bonds is 4. The average molecular weight is 294 g/mol. The smallest absolute Gasteiger partial charge is 0.382 e. The van der Waals surface area contributed by atoms with Gasteiger partial charge in [-0.1, -0.05) is 5.16 Å². The third kappa shape index (κ3) is 3.45. The van der Waals surface area contributed by atoms with Crippen molar-refractivity contribution in [3.05, 3.63) is 11.7 Å². The first-order valence-electron chi connectivity index (χ1n) is 5.98. The quantitative estimate of drug-likeness (QED) is 0.731. The molecule has 1 fully saturated rings. The number of carbonyl (C=O) groups is 1. The van der Waals surface area contributed by atoms with Gasteiger partial charge in [0.2, 0.25) is 5.89 Å². The number of aromatic nitrogens is 2. The number of aliphatic hydroxyl groups excluding tert-OH is 1. The van der Waals surface area contributed by atoms with Crippen LogP contribution in [0.3, 0.4) is 0 Å². The molecule has 1 aliphatic rings. The van der Waals surface area contributed by atoms with Crippen LogP contribution < -0.4 is 10.6 Å². The first kappa shape index (κ1) is 14.7. The van der Waals surface area contributed by atoms with E-state index in [0.717, 1.165) is 19.4 Å². The molecule has 1 aromatic rings. The minimum atomic E-state index is -4.79. The molecule has 1 amide bonds. The van der Waals surface area contributed by atoms with Crippen molar-refractivity contribution < 1.29 is 27.6 Å². The first-order valence-corrected chi connectivity index (χ1v) is 5.98. The number of hydrogen-bond acceptors (Lipinski definition) is 6. The molecule has 1 aliphatic heterocycles. The van der Waals surface area contributed by atoms with Gasteiger partial charge in [-0.25, -0.2) is 0 Å². The second-order valence-corrected chi connectivity index (χ2v) is 4.37. The minimum absolute atomic E-state index is 0.134. The Hall–Kier alpha value is -1.68. The van der Waals surface area contributed by atoms with Gasteiger partial charge in [0.05, 0.1) is 12.6 Å². The van der Waals surface area contributed by atoms with E-state index < -0.39 is 24.7 Å². The van der Waals surface area contributed by atoms with Crippen LogP contribution in [0, 0.1) is 0 Å². The highest BCUT2D eigenvalue weighted by Crippen LogP contribution is 2.21. The lowest BCUT2D eigenvalue weighted by Crippen LogP contribution is -2.41. The van der Waals surface area contributed by atoms with Crippen molar-refractivity contribution in [2.75, 3.05) is 13.1 Å². The van der Waals surface area contributed by atoms with E-state index in [1.165, 1.54) is 0 Å². The molecule has 0 spiro atoms. The summed E-state index contributed by atoms with van der Waals surface area (Å²) in [5, 5.41) is 17.1. The molecule has 1 saturated heterocycles. The Balaban J connectivity index is 1.89. The van der Waals surface area contributed by atoms with Crippen molar-refractivity contribution >= 4 is 5.91 Å². The number of amides is 1. The number of aliphatic hydroxyl groups is 1. The SMILES string of the molecule is O=C(NCC(O)C(F)(F)F)c1noc(C2CCCN2)n1. The van der Waals surface area contributed by atoms with Gasteiger partial charge in [0.25, 0.3) is 11.7 Å². The summed E-state index contributed by atoms with van der Waals surface area (Å²) in [6.45, 7) is -0.166. The number of nitrogens with one attached hydrogen (secondary N) is 2. The van der Waals surface area contributed by atoms with Crippen LogP contribution in [0.4, 0.5) is 13.2 Å². The van der Waals surface area contributed by atoms with Crippen molar-refractivity contribution in [2.45, 2.75) is 31.2 Å². The largest absolute Gasteiger partial charge is 0.416 e. The van der Waals surface area contributed by atoms with Crippen molar-refractivity contribution in [3.8, 4) is 0 Å². The number of halogens is 3. The predicted molar refractivity (Wildman–Crippen MR) is 58.7 cm³/mol. The van der Waals surface area contributed by atoms with E-state index in [1.807, 2.05) is 5.32 Å². The summed E-state index contributed by atoms with van der Waals surface area (Å²) in [5.41, 5.74) is 0. The summed E-state index contributed by atoms with van der Waals surface area (Å²) in [4.78, 5) is 15.3. The zero-order valence-corrected chi connectivity index (χ0v) is 10.3. The molecule has 2 rings (SSSR count). The number of carbonyl (C=O) groups excluding carboxylic acids is 1. The second kappa shape index (κ2) is 5.75. The van der Waals surface area contributed by atoms with Crippen molar-refractivity contribution in [1.82, 2.24) is 20.8 Å². The Labute approximate surface area is 111 Å². The molecule has 2 heterocycles. The van der Waals surface area contributed by atoms with Gasteiger partial charge in [-0.2, -0.15) is 18.2 Å². The van der Waals surface area contributed by atoms with Crippen LogP contribution in [0.5, 0.6) is 0 Å². The molecule has 2 atom stereocenters. The number of alkyl halides is 3. The van der Waals surface area contributed by atoms with E-state index in [-0.39, 0.29) is 17.8 Å². The van der Waals surface area contributed by atoms with Gasteiger partial charge in [0.1, 0.15) is 0 Å². The normalized spacial score (nSPS) is 20.9. The van der Waals surface area contributed by atoms with E-state index in [4.69, 9.17) is 9.63 Å². The highest BCUT2D eigenvalue weighted by atomic mass is 19.4. The first-order chi connectivity index (χ1) is 9.38. The third-order valence-corrected chi connectivity index (χ3v) is 2.84. The van der Waals surface area contributed by atoms with Crippen LogP contribution in [-0.2, 0) is 0 Å². The van der Waals surface area contributed by atoms with E-state index in [2.05, 4.69) is 15.5 Å². The molecule has 10 heteroatoms. The Morgan fingerprint density at radius 2 is 2.35 bits per heavy atom. The highest BCUT2D eigenvalue weighted by Gasteiger charge is 2.38. The molecule has 0 aromatic carbocycles. The van der Waals surface area contributed by atoms with Crippen LogP contribution in [0.2, 0.25) is 0 Å². The van der Waals surface area contributed by atoms with Crippen LogP contribution in [0.25, 0.3) is 0 Å². The lowest BCUT2D eigenvalue weighted by molar-refractivity contribution is -0.201. The van der Waals surface area contributed by atoms with Crippen LogP contribution >= 0.6 is 0 Å². The van der Waals surface area contributed by atoms with Gasteiger partial charge in [-0.15, -0.1) is 0 Å². The lowest BCUT2D eigenvalue weighted by atomic mass is 10.2. The molecule has 2 unspecified atom stereocenters. The third-order valence-electron chi connectivity index (χ3n) is 2.84. The van der Waals surface area contributed by atoms with Gasteiger partial charge >= 0.3 is 6.18 Å². The molecule has 20 heavy (non-hydrogen) atoms. The van der Waals surface area contributed by atoms with Gasteiger partial charge in [-0.3, -0.25) is 4.79 Å². The maximum atomic E-state index is 12.1. The second-order valence-electron chi connectivity index (χ2n) is 4.37. The zero-order valence-electron chi connectivity index (χ0n) is 10.3. The summed E-state index contributed by atoms with van der Waals surface area (Å²) in [6.07, 6.45) is -5.69. The van der Waals surface area contributed by atoms with Crippen molar-refractivity contribution in [1.29, 1.82) is 0 Å². The van der Waals surface area contributed by atoms with E-state index >= 15 is 0 Å². The lowest BCUT2D eigenvalue weighted by Gasteiger charge is -2.14. The van der Waals surface area contributed by atoms with Crippen LogP contribution in [0.15, 0.2) is 4.52 Å².